The predicted molar refractivity (Wildman–Crippen MR) is 145 cm³/mol. The van der Waals surface area contributed by atoms with Gasteiger partial charge in [0.1, 0.15) is 0 Å². The molecule has 0 fully saturated rings. The van der Waals surface area contributed by atoms with Crippen molar-refractivity contribution in [2.45, 2.75) is 19.1 Å². The first-order valence-electron chi connectivity index (χ1n) is 11.6. The number of carbonyl (C=O) groups excluding carboxylic acids is 5. The zero-order valence-corrected chi connectivity index (χ0v) is 22.6. The Balaban J connectivity index is 1.81. The highest BCUT2D eigenvalue weighted by atomic mass is 35.5. The molecule has 2 atom stereocenters. The minimum atomic E-state index is -2.33. The van der Waals surface area contributed by atoms with Gasteiger partial charge in [-0.1, -0.05) is 23.2 Å². The van der Waals surface area contributed by atoms with Crippen LogP contribution in [0.2, 0.25) is 10.0 Å². The molecule has 0 unspecified atom stereocenters. The van der Waals surface area contributed by atoms with Gasteiger partial charge in [0, 0.05) is 28.2 Å². The topological polar surface area (TPSA) is 177 Å². The van der Waals surface area contributed by atoms with Crippen LogP contribution in [0, 0.1) is 0 Å². The van der Waals surface area contributed by atoms with Crippen LogP contribution in [0.25, 0.3) is 0 Å². The first kappa shape index (κ1) is 30.6. The fourth-order valence-corrected chi connectivity index (χ4v) is 3.46. The predicted octanol–water partition coefficient (Wildman–Crippen LogP) is 3.25. The summed E-state index contributed by atoms with van der Waals surface area (Å²) in [5.41, 5.74) is 4.31. The van der Waals surface area contributed by atoms with E-state index in [1.54, 1.807) is 0 Å². The lowest BCUT2D eigenvalue weighted by molar-refractivity contribution is -0.159. The quantitative estimate of drug-likeness (QED) is 0.212. The largest absolute Gasteiger partial charge is 0.478 e. The molecule has 0 aliphatic carbocycles. The van der Waals surface area contributed by atoms with Gasteiger partial charge in [-0.25, -0.2) is 14.4 Å². The van der Waals surface area contributed by atoms with Crippen molar-refractivity contribution in [3.63, 3.8) is 0 Å². The van der Waals surface area contributed by atoms with E-state index < -0.39 is 41.9 Å². The summed E-state index contributed by atoms with van der Waals surface area (Å²) in [5.74, 6) is -6.60. The van der Waals surface area contributed by atoms with Crippen molar-refractivity contribution in [3.05, 3.63) is 99.5 Å². The number of hydrogen-bond acceptors (Lipinski definition) is 8. The third kappa shape index (κ3) is 8.78. The SMILES string of the molecule is CC(=O)Nc1ccc(C(=O)NNC(=O)[C@H](OC(=O)c2ccc(Cl)cc2)[C@@H](OC(=O)c2ccc(Cl)cc2)C(=O)O)cc1. The smallest absolute Gasteiger partial charge is 0.349 e. The number of ether oxygens (including phenoxy) is 2. The van der Waals surface area contributed by atoms with E-state index in [1.807, 2.05) is 5.43 Å². The molecule has 12 nitrogen and oxygen atoms in total. The zero-order chi connectivity index (χ0) is 30.1. The lowest BCUT2D eigenvalue weighted by atomic mass is 10.1. The summed E-state index contributed by atoms with van der Waals surface area (Å²) in [6.45, 7) is 1.31. The van der Waals surface area contributed by atoms with Gasteiger partial charge in [0.05, 0.1) is 11.1 Å². The number of benzene rings is 3. The second kappa shape index (κ2) is 13.9. The van der Waals surface area contributed by atoms with Crippen LogP contribution in [0.1, 0.15) is 38.0 Å². The number of esters is 2. The van der Waals surface area contributed by atoms with Gasteiger partial charge >= 0.3 is 17.9 Å². The summed E-state index contributed by atoms with van der Waals surface area (Å²) in [6, 6.07) is 16.1. The normalized spacial score (nSPS) is 11.8. The zero-order valence-electron chi connectivity index (χ0n) is 21.1. The average Bonchev–Trinajstić information content (AvgIpc) is 2.93. The van der Waals surface area contributed by atoms with Gasteiger partial charge in [0.25, 0.3) is 11.8 Å². The summed E-state index contributed by atoms with van der Waals surface area (Å²) < 4.78 is 10.2. The molecular weight excluding hydrogens is 581 g/mol. The Morgan fingerprint density at radius 1 is 0.659 bits per heavy atom. The number of halogens is 2. The van der Waals surface area contributed by atoms with Crippen molar-refractivity contribution in [1.29, 1.82) is 0 Å². The van der Waals surface area contributed by atoms with Gasteiger partial charge < -0.3 is 19.9 Å². The van der Waals surface area contributed by atoms with Gasteiger partial charge in [-0.3, -0.25) is 25.2 Å². The Morgan fingerprint density at radius 2 is 1.10 bits per heavy atom. The maximum atomic E-state index is 13.0. The Bertz CT molecular complexity index is 1460. The van der Waals surface area contributed by atoms with E-state index in [1.165, 1.54) is 79.7 Å². The number of hydrogen-bond donors (Lipinski definition) is 4. The Kier molecular flexibility index (Phi) is 10.4. The molecule has 0 heterocycles. The highest BCUT2D eigenvalue weighted by molar-refractivity contribution is 6.31. The number of nitrogens with one attached hydrogen (secondary N) is 3. The fraction of sp³-hybridized carbons (Fsp3) is 0.111. The highest BCUT2D eigenvalue weighted by Gasteiger charge is 2.41. The van der Waals surface area contributed by atoms with Crippen molar-refractivity contribution in [1.82, 2.24) is 10.9 Å². The van der Waals surface area contributed by atoms with E-state index in [0.29, 0.717) is 15.7 Å². The molecule has 0 aliphatic rings. The van der Waals surface area contributed by atoms with Crippen LogP contribution in [-0.4, -0.2) is 52.9 Å². The van der Waals surface area contributed by atoms with Crippen molar-refractivity contribution < 1.29 is 43.3 Å². The van der Waals surface area contributed by atoms with Crippen molar-refractivity contribution in [2.75, 3.05) is 5.32 Å². The minimum Gasteiger partial charge on any atom is -0.478 e. The van der Waals surface area contributed by atoms with Crippen LogP contribution >= 0.6 is 23.2 Å². The molecule has 0 saturated heterocycles. The Hall–Kier alpha value is -4.94. The summed E-state index contributed by atoms with van der Waals surface area (Å²) in [4.78, 5) is 74.2. The molecule has 14 heteroatoms. The molecule has 0 spiro atoms. The average molecular weight is 602 g/mol. The molecule has 3 aromatic carbocycles. The number of carboxylic acid groups (broad SMARTS) is 1. The van der Waals surface area contributed by atoms with Crippen molar-refractivity contribution >= 4 is 64.5 Å². The van der Waals surface area contributed by atoms with E-state index in [2.05, 4.69) is 10.7 Å². The minimum absolute atomic E-state index is 0.0538. The van der Waals surface area contributed by atoms with Gasteiger partial charge in [0.2, 0.25) is 18.1 Å². The summed E-state index contributed by atoms with van der Waals surface area (Å²) in [6.07, 6.45) is -4.59. The van der Waals surface area contributed by atoms with Crippen LogP contribution in [0.4, 0.5) is 5.69 Å². The summed E-state index contributed by atoms with van der Waals surface area (Å²) in [5, 5.41) is 12.9. The summed E-state index contributed by atoms with van der Waals surface area (Å²) >= 11 is 11.6. The standard InChI is InChI=1S/C27H21Cl2N3O9/c1-14(33)30-20-12-6-15(7-13-20)23(34)31-32-24(35)21(40-26(38)16-2-8-18(28)9-3-16)22(25(36)37)41-27(39)17-4-10-19(29)11-5-17/h2-13,21-22H,1H3,(H,30,33)(H,31,34)(H,32,35)(H,36,37)/t21-,22-/m1/s1. The summed E-state index contributed by atoms with van der Waals surface area (Å²) in [7, 11) is 0. The molecule has 0 saturated carbocycles. The molecule has 4 N–H and O–H groups in total. The molecule has 0 aromatic heterocycles. The van der Waals surface area contributed by atoms with Crippen molar-refractivity contribution in [3.8, 4) is 0 Å². The highest BCUT2D eigenvalue weighted by Crippen LogP contribution is 2.17. The number of amides is 3. The van der Waals surface area contributed by atoms with Crippen molar-refractivity contribution in [2.24, 2.45) is 0 Å². The first-order valence-corrected chi connectivity index (χ1v) is 12.3. The molecule has 0 radical (unpaired) electrons. The number of carbonyl (C=O) groups is 6. The molecule has 3 amide bonds. The second-order valence-electron chi connectivity index (χ2n) is 8.21. The number of hydrazine groups is 1. The van der Waals surface area contributed by atoms with Crippen LogP contribution in [0.3, 0.4) is 0 Å². The monoisotopic (exact) mass is 601 g/mol. The molecule has 0 bridgehead atoms. The molecular formula is C27H21Cl2N3O9. The lowest BCUT2D eigenvalue weighted by Crippen LogP contribution is -2.54. The third-order valence-electron chi connectivity index (χ3n) is 5.17. The Morgan fingerprint density at radius 3 is 1.54 bits per heavy atom. The van der Waals surface area contributed by atoms with Gasteiger partial charge in [-0.05, 0) is 72.8 Å². The van der Waals surface area contributed by atoms with E-state index in [4.69, 9.17) is 32.7 Å². The molecule has 212 valence electrons. The number of carboxylic acids is 1. The van der Waals surface area contributed by atoms with Gasteiger partial charge in [-0.2, -0.15) is 0 Å². The number of rotatable bonds is 9. The molecule has 3 rings (SSSR count). The third-order valence-corrected chi connectivity index (χ3v) is 5.68. The van der Waals surface area contributed by atoms with E-state index >= 15 is 0 Å². The van der Waals surface area contributed by atoms with E-state index in [9.17, 15) is 33.9 Å². The van der Waals surface area contributed by atoms with Crippen LogP contribution in [0.15, 0.2) is 72.8 Å². The molecule has 0 aliphatic heterocycles. The molecule has 3 aromatic rings. The van der Waals surface area contributed by atoms with Gasteiger partial charge in [0.15, 0.2) is 0 Å². The van der Waals surface area contributed by atoms with Gasteiger partial charge in [-0.15, -0.1) is 0 Å². The fourth-order valence-electron chi connectivity index (χ4n) is 3.20. The number of aliphatic carboxylic acids is 1. The van der Waals surface area contributed by atoms with Crippen LogP contribution < -0.4 is 16.2 Å². The second-order valence-corrected chi connectivity index (χ2v) is 9.08. The molecule has 41 heavy (non-hydrogen) atoms. The van der Waals surface area contributed by atoms with Crippen LogP contribution in [0.5, 0.6) is 0 Å². The first-order chi connectivity index (χ1) is 19.4. The van der Waals surface area contributed by atoms with E-state index in [-0.39, 0.29) is 22.6 Å². The maximum absolute atomic E-state index is 13.0. The van der Waals surface area contributed by atoms with Crippen LogP contribution in [-0.2, 0) is 23.9 Å². The number of anilines is 1. The lowest BCUT2D eigenvalue weighted by Gasteiger charge is -2.23. The maximum Gasteiger partial charge on any atom is 0.349 e. The van der Waals surface area contributed by atoms with E-state index in [0.717, 1.165) is 0 Å². The Labute approximate surface area is 242 Å².